The molecule has 0 bridgehead atoms. The highest BCUT2D eigenvalue weighted by atomic mass is 19.4. The summed E-state index contributed by atoms with van der Waals surface area (Å²) in [5.74, 6) is -2.52. The highest BCUT2D eigenvalue weighted by Gasteiger charge is 2.63. The number of hydrogen-bond donors (Lipinski definition) is 1. The molecule has 4 aliphatic rings. The van der Waals surface area contributed by atoms with Crippen molar-refractivity contribution >= 4 is 5.78 Å². The van der Waals surface area contributed by atoms with Crippen molar-refractivity contribution in [1.29, 1.82) is 0 Å². The standard InChI is InChI=1S/C18H22F3NO4/c1-25-22-6-5-17-12(16(24)18(19,20)21)3-2-4-14(17)26-13-8-11(23)7-10(9-22)15(13)17/h5-6,10-12,14,23H,2-4,7-9H2,1H3/t10-,11-,12?,14+,17?/m1/s1. The minimum absolute atomic E-state index is 0.182. The first-order valence-electron chi connectivity index (χ1n) is 8.96. The van der Waals surface area contributed by atoms with Gasteiger partial charge in [0.15, 0.2) is 0 Å². The van der Waals surface area contributed by atoms with Crippen molar-refractivity contribution in [3.63, 3.8) is 0 Å². The molecule has 4 rings (SSSR count). The third-order valence-corrected chi connectivity index (χ3v) is 6.25. The summed E-state index contributed by atoms with van der Waals surface area (Å²) in [5, 5.41) is 11.8. The Bertz CT molecular complexity index is 674. The number of aliphatic hydroxyl groups is 1. The topological polar surface area (TPSA) is 59.0 Å². The highest BCUT2D eigenvalue weighted by molar-refractivity contribution is 5.88. The molecule has 1 N–H and O–H groups in total. The van der Waals surface area contributed by atoms with Gasteiger partial charge in [0.1, 0.15) is 6.10 Å². The van der Waals surface area contributed by atoms with Crippen LogP contribution in [0.15, 0.2) is 23.6 Å². The number of aliphatic hydroxyl groups excluding tert-OH is 1. The number of Topliss-reactive ketones (excluding diaryl/α,β-unsaturated/α-hetero) is 1. The lowest BCUT2D eigenvalue weighted by molar-refractivity contribution is -0.181. The smallest absolute Gasteiger partial charge is 0.450 e. The largest absolute Gasteiger partial charge is 0.493 e. The second-order valence-corrected chi connectivity index (χ2v) is 7.61. The van der Waals surface area contributed by atoms with Crippen LogP contribution in [0.5, 0.6) is 0 Å². The van der Waals surface area contributed by atoms with E-state index in [1.807, 2.05) is 0 Å². The van der Waals surface area contributed by atoms with E-state index in [9.17, 15) is 23.1 Å². The molecule has 0 aromatic heterocycles. The van der Waals surface area contributed by atoms with Crippen molar-refractivity contribution in [1.82, 2.24) is 5.06 Å². The molecule has 1 saturated carbocycles. The first kappa shape index (κ1) is 17.9. The molecule has 0 radical (unpaired) electrons. The van der Waals surface area contributed by atoms with Gasteiger partial charge in [0.05, 0.1) is 30.9 Å². The average Bonchev–Trinajstić information content (AvgIpc) is 2.80. The van der Waals surface area contributed by atoms with E-state index in [4.69, 9.17) is 9.57 Å². The maximum absolute atomic E-state index is 13.3. The number of halogens is 3. The minimum atomic E-state index is -4.88. The van der Waals surface area contributed by atoms with Crippen LogP contribution in [-0.2, 0) is 14.4 Å². The van der Waals surface area contributed by atoms with Gasteiger partial charge >= 0.3 is 6.18 Å². The van der Waals surface area contributed by atoms with Gasteiger partial charge in [-0.2, -0.15) is 13.2 Å². The Kier molecular flexibility index (Phi) is 4.11. The van der Waals surface area contributed by atoms with Crippen LogP contribution in [0.1, 0.15) is 32.1 Å². The van der Waals surface area contributed by atoms with Gasteiger partial charge in [0.25, 0.3) is 0 Å². The number of ketones is 1. The minimum Gasteiger partial charge on any atom is -0.493 e. The molecular weight excluding hydrogens is 351 g/mol. The first-order chi connectivity index (χ1) is 12.3. The van der Waals surface area contributed by atoms with Crippen molar-refractivity contribution in [3.8, 4) is 0 Å². The molecule has 2 aliphatic heterocycles. The molecule has 26 heavy (non-hydrogen) atoms. The number of alkyl halides is 3. The van der Waals surface area contributed by atoms with Gasteiger partial charge in [-0.1, -0.05) is 6.08 Å². The molecule has 0 saturated heterocycles. The number of hydroxylamine groups is 2. The van der Waals surface area contributed by atoms with E-state index in [-0.39, 0.29) is 18.8 Å². The van der Waals surface area contributed by atoms with Crippen molar-refractivity contribution in [2.45, 2.75) is 50.5 Å². The fraction of sp³-hybridized carbons (Fsp3) is 0.722. The summed E-state index contributed by atoms with van der Waals surface area (Å²) in [4.78, 5) is 17.6. The molecule has 2 heterocycles. The van der Waals surface area contributed by atoms with E-state index >= 15 is 0 Å². The van der Waals surface area contributed by atoms with Crippen LogP contribution < -0.4 is 0 Å². The molecule has 5 nitrogen and oxygen atoms in total. The van der Waals surface area contributed by atoms with Crippen molar-refractivity contribution in [2.75, 3.05) is 13.7 Å². The number of carbonyl (C=O) groups is 1. The van der Waals surface area contributed by atoms with Crippen molar-refractivity contribution < 1.29 is 32.6 Å². The molecule has 1 fully saturated rings. The molecule has 2 unspecified atom stereocenters. The fourth-order valence-electron chi connectivity index (χ4n) is 5.33. The van der Waals surface area contributed by atoms with E-state index in [0.717, 1.165) is 5.57 Å². The zero-order chi connectivity index (χ0) is 18.7. The van der Waals surface area contributed by atoms with Crippen LogP contribution in [0.25, 0.3) is 0 Å². The summed E-state index contributed by atoms with van der Waals surface area (Å²) in [6, 6.07) is 0. The highest BCUT2D eigenvalue weighted by Crippen LogP contribution is 2.61. The fourth-order valence-corrected chi connectivity index (χ4v) is 5.33. The number of ether oxygens (including phenoxy) is 1. The Morgan fingerprint density at radius 2 is 2.19 bits per heavy atom. The molecule has 0 aromatic rings. The Balaban J connectivity index is 1.87. The Labute approximate surface area is 149 Å². The summed E-state index contributed by atoms with van der Waals surface area (Å²) < 4.78 is 46.1. The first-order valence-corrected chi connectivity index (χ1v) is 8.96. The van der Waals surface area contributed by atoms with Crippen LogP contribution in [0.3, 0.4) is 0 Å². The Morgan fingerprint density at radius 1 is 1.42 bits per heavy atom. The third kappa shape index (κ3) is 2.49. The van der Waals surface area contributed by atoms with E-state index < -0.39 is 35.5 Å². The molecule has 0 aromatic carbocycles. The summed E-state index contributed by atoms with van der Waals surface area (Å²) in [7, 11) is 1.49. The second-order valence-electron chi connectivity index (χ2n) is 7.61. The van der Waals surface area contributed by atoms with Crippen LogP contribution in [-0.4, -0.2) is 48.0 Å². The van der Waals surface area contributed by atoms with Crippen LogP contribution in [0.2, 0.25) is 0 Å². The maximum Gasteiger partial charge on any atom is 0.450 e. The normalized spacial score (nSPS) is 39.2. The van der Waals surface area contributed by atoms with Crippen molar-refractivity contribution in [3.05, 3.63) is 23.6 Å². The molecular formula is C18H22F3NO4. The summed E-state index contributed by atoms with van der Waals surface area (Å²) in [5.41, 5.74) is -0.330. The molecule has 2 aliphatic carbocycles. The zero-order valence-corrected chi connectivity index (χ0v) is 14.5. The predicted molar refractivity (Wildman–Crippen MR) is 84.3 cm³/mol. The van der Waals surface area contributed by atoms with Crippen LogP contribution >= 0.6 is 0 Å². The lowest BCUT2D eigenvalue weighted by Gasteiger charge is -2.44. The molecule has 8 heteroatoms. The van der Waals surface area contributed by atoms with Gasteiger partial charge in [-0.15, -0.1) is 0 Å². The molecule has 144 valence electrons. The van der Waals surface area contributed by atoms with E-state index in [1.54, 1.807) is 17.3 Å². The Hall–Kier alpha value is -1.54. The van der Waals surface area contributed by atoms with Gasteiger partial charge in [-0.3, -0.25) is 14.7 Å². The molecule has 0 amide bonds. The SMILES string of the molecule is CON1C=CC23C4=C(C[C@H](O)C[C@@H]4C1)O[C@H]2CCCC3C(=O)C(F)(F)F. The van der Waals surface area contributed by atoms with E-state index in [1.165, 1.54) is 7.11 Å². The zero-order valence-electron chi connectivity index (χ0n) is 14.5. The predicted octanol–water partition coefficient (Wildman–Crippen LogP) is 2.72. The molecule has 1 spiro atoms. The lowest BCUT2D eigenvalue weighted by Crippen LogP contribution is -2.50. The van der Waals surface area contributed by atoms with Crippen LogP contribution in [0.4, 0.5) is 13.2 Å². The van der Waals surface area contributed by atoms with E-state index in [0.29, 0.717) is 31.6 Å². The summed E-state index contributed by atoms with van der Waals surface area (Å²) >= 11 is 0. The van der Waals surface area contributed by atoms with Gasteiger partial charge in [0, 0.05) is 24.5 Å². The third-order valence-electron chi connectivity index (χ3n) is 6.25. The second kappa shape index (κ2) is 5.99. The average molecular weight is 373 g/mol. The summed E-state index contributed by atoms with van der Waals surface area (Å²) in [6.45, 7) is 0.410. The molecule has 5 atom stereocenters. The Morgan fingerprint density at radius 3 is 2.88 bits per heavy atom. The number of rotatable bonds is 2. The lowest BCUT2D eigenvalue weighted by atomic mass is 9.57. The maximum atomic E-state index is 13.3. The van der Waals surface area contributed by atoms with E-state index in [2.05, 4.69) is 0 Å². The van der Waals surface area contributed by atoms with Crippen molar-refractivity contribution in [2.24, 2.45) is 17.3 Å². The monoisotopic (exact) mass is 373 g/mol. The van der Waals surface area contributed by atoms with Gasteiger partial charge in [-0.05, 0) is 31.3 Å². The van der Waals surface area contributed by atoms with Gasteiger partial charge in [-0.25, -0.2) is 0 Å². The van der Waals surface area contributed by atoms with Gasteiger partial charge in [0.2, 0.25) is 5.78 Å². The number of carbonyl (C=O) groups excluding carboxylic acids is 1. The van der Waals surface area contributed by atoms with Crippen LogP contribution in [0, 0.1) is 17.3 Å². The quantitative estimate of drug-likeness (QED) is 0.807. The van der Waals surface area contributed by atoms with Gasteiger partial charge < -0.3 is 9.84 Å². The number of nitrogens with zero attached hydrogens (tertiary/aromatic N) is 1. The summed E-state index contributed by atoms with van der Waals surface area (Å²) in [6.07, 6.45) is -0.681. The number of hydrogen-bond acceptors (Lipinski definition) is 5.